The summed E-state index contributed by atoms with van der Waals surface area (Å²) < 4.78 is 56.7. The van der Waals surface area contributed by atoms with Gasteiger partial charge in [-0.1, -0.05) is 24.3 Å². The molecule has 0 atom stereocenters. The molecule has 0 bridgehead atoms. The molecule has 0 aliphatic rings. The van der Waals surface area contributed by atoms with Crippen molar-refractivity contribution in [3.05, 3.63) is 94.5 Å². The van der Waals surface area contributed by atoms with Crippen molar-refractivity contribution in [3.63, 3.8) is 0 Å². The van der Waals surface area contributed by atoms with Crippen LogP contribution in [0.5, 0.6) is 11.5 Å². The lowest BCUT2D eigenvalue weighted by Gasteiger charge is -2.21. The number of methoxy groups -OCH3 is 2. The summed E-state index contributed by atoms with van der Waals surface area (Å²) >= 11 is 0. The van der Waals surface area contributed by atoms with E-state index in [1.54, 1.807) is 24.3 Å². The third kappa shape index (κ3) is 3.98. The first-order chi connectivity index (χ1) is 15.8. The van der Waals surface area contributed by atoms with Gasteiger partial charge in [0.1, 0.15) is 29.0 Å². The zero-order valence-corrected chi connectivity index (χ0v) is 18.2. The van der Waals surface area contributed by atoms with Crippen LogP contribution in [0.15, 0.2) is 71.5 Å². The van der Waals surface area contributed by atoms with Crippen molar-refractivity contribution in [2.75, 3.05) is 14.2 Å². The second-order valence-corrected chi connectivity index (χ2v) is 7.36. The van der Waals surface area contributed by atoms with Crippen molar-refractivity contribution >= 4 is 0 Å². The lowest BCUT2D eigenvalue weighted by Crippen LogP contribution is -2.20. The van der Waals surface area contributed by atoms with E-state index in [1.807, 2.05) is 0 Å². The third-order valence-electron chi connectivity index (χ3n) is 5.44. The van der Waals surface area contributed by atoms with E-state index in [9.17, 15) is 18.0 Å². The molecule has 0 aliphatic heterocycles. The van der Waals surface area contributed by atoms with Crippen molar-refractivity contribution in [1.82, 2.24) is 4.57 Å². The Kier molecular flexibility index (Phi) is 5.96. The molecule has 0 unspecified atom stereocenters. The Labute approximate surface area is 188 Å². The van der Waals surface area contributed by atoms with Gasteiger partial charge in [-0.25, -0.2) is 13.2 Å². The SMILES string of the molecule is COc1cc(OC)cc(-c2c(-c3ccccc3F)cc(=O)n(C)c2-c2c(F)cccc2F)c1. The van der Waals surface area contributed by atoms with Crippen molar-refractivity contribution in [2.24, 2.45) is 7.05 Å². The highest BCUT2D eigenvalue weighted by atomic mass is 19.1. The maximum absolute atomic E-state index is 15.0. The fraction of sp³-hybridized carbons (Fsp3) is 0.115. The van der Waals surface area contributed by atoms with Crippen molar-refractivity contribution in [1.29, 1.82) is 0 Å². The summed E-state index contributed by atoms with van der Waals surface area (Å²) in [4.78, 5) is 12.9. The van der Waals surface area contributed by atoms with Gasteiger partial charge in [0, 0.05) is 35.9 Å². The van der Waals surface area contributed by atoms with Crippen LogP contribution in [0.1, 0.15) is 0 Å². The van der Waals surface area contributed by atoms with E-state index >= 15 is 0 Å². The molecular formula is C26H20F3NO3. The van der Waals surface area contributed by atoms with Gasteiger partial charge < -0.3 is 14.0 Å². The number of hydrogen-bond acceptors (Lipinski definition) is 3. The van der Waals surface area contributed by atoms with Gasteiger partial charge in [0.05, 0.1) is 25.5 Å². The number of aromatic nitrogens is 1. The Morgan fingerprint density at radius 1 is 0.697 bits per heavy atom. The van der Waals surface area contributed by atoms with Crippen LogP contribution in [0.2, 0.25) is 0 Å². The number of halogens is 3. The number of rotatable bonds is 5. The number of nitrogens with zero attached hydrogens (tertiary/aromatic N) is 1. The van der Waals surface area contributed by atoms with Crippen LogP contribution in [0, 0.1) is 17.5 Å². The molecule has 0 aliphatic carbocycles. The van der Waals surface area contributed by atoms with E-state index < -0.39 is 28.6 Å². The summed E-state index contributed by atoms with van der Waals surface area (Å²) in [5.41, 5.74) is -0.00139. The zero-order valence-electron chi connectivity index (χ0n) is 18.2. The molecule has 7 heteroatoms. The standard InChI is InChI=1S/C26H20F3NO3/c1-30-23(31)14-19(18-7-4-5-8-20(18)27)24(15-11-16(32-2)13-17(12-15)33-3)26(30)25-21(28)9-6-10-22(25)29/h4-14H,1-3H3. The first-order valence-electron chi connectivity index (χ1n) is 10.0. The Morgan fingerprint density at radius 3 is 1.85 bits per heavy atom. The Balaban J connectivity index is 2.24. The maximum Gasteiger partial charge on any atom is 0.251 e. The van der Waals surface area contributed by atoms with Crippen molar-refractivity contribution < 1.29 is 22.6 Å². The van der Waals surface area contributed by atoms with Crippen LogP contribution in [0.25, 0.3) is 33.5 Å². The number of ether oxygens (including phenoxy) is 2. The van der Waals surface area contributed by atoms with Gasteiger partial charge in [-0.05, 0) is 35.9 Å². The van der Waals surface area contributed by atoms with E-state index in [0.29, 0.717) is 17.1 Å². The van der Waals surface area contributed by atoms with E-state index in [1.165, 1.54) is 51.6 Å². The van der Waals surface area contributed by atoms with Gasteiger partial charge in [-0.3, -0.25) is 4.79 Å². The lowest BCUT2D eigenvalue weighted by molar-refractivity contribution is 0.394. The van der Waals surface area contributed by atoms with Gasteiger partial charge in [0.2, 0.25) is 0 Å². The predicted octanol–water partition coefficient (Wildman–Crippen LogP) is 5.82. The van der Waals surface area contributed by atoms with Gasteiger partial charge >= 0.3 is 0 Å². The van der Waals surface area contributed by atoms with Gasteiger partial charge in [-0.2, -0.15) is 0 Å². The van der Waals surface area contributed by atoms with Crippen LogP contribution in [-0.4, -0.2) is 18.8 Å². The van der Waals surface area contributed by atoms with Gasteiger partial charge in [0.25, 0.3) is 5.56 Å². The molecule has 0 saturated carbocycles. The molecule has 0 spiro atoms. The van der Waals surface area contributed by atoms with E-state index in [4.69, 9.17) is 9.47 Å². The Hall–Kier alpha value is -4.00. The highest BCUT2D eigenvalue weighted by molar-refractivity contribution is 5.94. The van der Waals surface area contributed by atoms with Crippen LogP contribution in [0.3, 0.4) is 0 Å². The molecule has 0 amide bonds. The summed E-state index contributed by atoms with van der Waals surface area (Å²) in [6.07, 6.45) is 0. The molecular weight excluding hydrogens is 431 g/mol. The molecule has 0 N–H and O–H groups in total. The van der Waals surface area contributed by atoms with Crippen molar-refractivity contribution in [2.45, 2.75) is 0 Å². The number of pyridine rings is 1. The summed E-state index contributed by atoms with van der Waals surface area (Å²) in [6.45, 7) is 0. The minimum absolute atomic E-state index is 0.0355. The molecule has 4 rings (SSSR count). The summed E-state index contributed by atoms with van der Waals surface area (Å²) in [7, 11) is 4.35. The fourth-order valence-electron chi connectivity index (χ4n) is 3.85. The molecule has 33 heavy (non-hydrogen) atoms. The molecule has 0 radical (unpaired) electrons. The fourth-order valence-corrected chi connectivity index (χ4v) is 3.85. The zero-order chi connectivity index (χ0) is 23.7. The van der Waals surface area contributed by atoms with Gasteiger partial charge in [0.15, 0.2) is 0 Å². The highest BCUT2D eigenvalue weighted by Gasteiger charge is 2.25. The lowest BCUT2D eigenvalue weighted by atomic mass is 9.90. The highest BCUT2D eigenvalue weighted by Crippen LogP contribution is 2.43. The monoisotopic (exact) mass is 451 g/mol. The average Bonchev–Trinajstić information content (AvgIpc) is 2.81. The smallest absolute Gasteiger partial charge is 0.251 e. The summed E-state index contributed by atoms with van der Waals surface area (Å²) in [6, 6.07) is 15.5. The second-order valence-electron chi connectivity index (χ2n) is 7.36. The molecule has 0 saturated heterocycles. The first-order valence-corrected chi connectivity index (χ1v) is 10.0. The molecule has 0 fully saturated rings. The molecule has 1 aromatic heterocycles. The Bertz CT molecular complexity index is 1370. The van der Waals surface area contributed by atoms with E-state index in [-0.39, 0.29) is 22.4 Å². The normalized spacial score (nSPS) is 10.8. The molecule has 168 valence electrons. The van der Waals surface area contributed by atoms with Crippen LogP contribution >= 0.6 is 0 Å². The maximum atomic E-state index is 15.0. The van der Waals surface area contributed by atoms with E-state index in [0.717, 1.165) is 16.7 Å². The van der Waals surface area contributed by atoms with Gasteiger partial charge in [-0.15, -0.1) is 0 Å². The number of hydrogen-bond donors (Lipinski definition) is 0. The second kappa shape index (κ2) is 8.86. The topological polar surface area (TPSA) is 40.5 Å². The quantitative estimate of drug-likeness (QED) is 0.384. The molecule has 4 nitrogen and oxygen atoms in total. The van der Waals surface area contributed by atoms with Crippen LogP contribution < -0.4 is 15.0 Å². The minimum atomic E-state index is -0.855. The summed E-state index contributed by atoms with van der Waals surface area (Å²) in [5, 5.41) is 0. The van der Waals surface area contributed by atoms with Crippen LogP contribution in [0.4, 0.5) is 13.2 Å². The van der Waals surface area contributed by atoms with Crippen molar-refractivity contribution in [3.8, 4) is 45.0 Å². The molecule has 3 aromatic carbocycles. The minimum Gasteiger partial charge on any atom is -0.497 e. The average molecular weight is 451 g/mol. The largest absolute Gasteiger partial charge is 0.497 e. The molecule has 1 heterocycles. The van der Waals surface area contributed by atoms with Crippen LogP contribution in [-0.2, 0) is 7.05 Å². The predicted molar refractivity (Wildman–Crippen MR) is 121 cm³/mol. The number of benzene rings is 3. The summed E-state index contributed by atoms with van der Waals surface area (Å²) in [5.74, 6) is -1.46. The molecule has 4 aromatic rings. The Morgan fingerprint density at radius 2 is 1.27 bits per heavy atom. The third-order valence-corrected chi connectivity index (χ3v) is 5.44. The first kappa shape index (κ1) is 22.2. The van der Waals surface area contributed by atoms with E-state index in [2.05, 4.69) is 0 Å².